The van der Waals surface area contributed by atoms with E-state index < -0.39 is 10.0 Å². The molecule has 1 saturated heterocycles. The Morgan fingerprint density at radius 2 is 1.72 bits per heavy atom. The summed E-state index contributed by atoms with van der Waals surface area (Å²) in [5.74, 6) is 0.137. The molecular formula is C23H27Cl2N3O3S. The van der Waals surface area contributed by atoms with Gasteiger partial charge in [-0.15, -0.1) is 24.8 Å². The number of nitrogens with one attached hydrogen (secondary N) is 1. The molecule has 1 N–H and O–H groups in total. The molecule has 3 aromatic rings. The van der Waals surface area contributed by atoms with Crippen LogP contribution in [0.5, 0.6) is 0 Å². The van der Waals surface area contributed by atoms with Crippen molar-refractivity contribution in [2.45, 2.75) is 19.4 Å². The summed E-state index contributed by atoms with van der Waals surface area (Å²) in [6.45, 7) is 2.58. The second-order valence-electron chi connectivity index (χ2n) is 7.90. The smallest absolute Gasteiger partial charge is 0.229 e. The van der Waals surface area contributed by atoms with Crippen molar-refractivity contribution in [3.63, 3.8) is 0 Å². The highest BCUT2D eigenvalue weighted by molar-refractivity contribution is 7.92. The Labute approximate surface area is 201 Å². The first-order chi connectivity index (χ1) is 14.4. The number of carbonyl (C=O) groups excluding carboxylic acids is 1. The molecule has 2 heterocycles. The van der Waals surface area contributed by atoms with E-state index in [1.165, 1.54) is 5.56 Å². The van der Waals surface area contributed by atoms with Crippen LogP contribution < -0.4 is 4.72 Å². The quantitative estimate of drug-likeness (QED) is 0.507. The van der Waals surface area contributed by atoms with Gasteiger partial charge in [-0.05, 0) is 67.9 Å². The van der Waals surface area contributed by atoms with Gasteiger partial charge in [0.2, 0.25) is 10.0 Å². The number of piperidine rings is 1. The fourth-order valence-electron chi connectivity index (χ4n) is 3.97. The summed E-state index contributed by atoms with van der Waals surface area (Å²) in [5, 5.41) is 1.15. The summed E-state index contributed by atoms with van der Waals surface area (Å²) < 4.78 is 25.0. The molecule has 0 radical (unpaired) electrons. The minimum atomic E-state index is -3.32. The molecule has 0 saturated carbocycles. The third kappa shape index (κ3) is 6.65. The van der Waals surface area contributed by atoms with Crippen molar-refractivity contribution in [1.29, 1.82) is 0 Å². The van der Waals surface area contributed by atoms with Crippen LogP contribution in [-0.4, -0.2) is 43.4 Å². The first kappa shape index (κ1) is 26.1. The predicted octanol–water partition coefficient (Wildman–Crippen LogP) is 4.54. The summed E-state index contributed by atoms with van der Waals surface area (Å²) >= 11 is 0. The molecule has 9 heteroatoms. The van der Waals surface area contributed by atoms with E-state index in [0.717, 1.165) is 49.6 Å². The lowest BCUT2D eigenvalue weighted by atomic mass is 9.88. The van der Waals surface area contributed by atoms with E-state index in [-0.39, 0.29) is 36.5 Å². The highest BCUT2D eigenvalue weighted by Gasteiger charge is 2.26. The Morgan fingerprint density at radius 1 is 1.06 bits per heavy atom. The van der Waals surface area contributed by atoms with Crippen molar-refractivity contribution < 1.29 is 13.2 Å². The lowest BCUT2D eigenvalue weighted by Crippen LogP contribution is -2.36. The van der Waals surface area contributed by atoms with Crippen LogP contribution in [0, 0.1) is 5.92 Å². The Kier molecular flexibility index (Phi) is 9.04. The van der Waals surface area contributed by atoms with Crippen LogP contribution in [0.25, 0.3) is 10.9 Å². The van der Waals surface area contributed by atoms with E-state index in [4.69, 9.17) is 0 Å². The zero-order valence-electron chi connectivity index (χ0n) is 17.7. The molecule has 0 bridgehead atoms. The molecule has 1 aliphatic heterocycles. The van der Waals surface area contributed by atoms with Crippen molar-refractivity contribution in [3.05, 3.63) is 71.9 Å². The highest BCUT2D eigenvalue weighted by atomic mass is 35.5. The molecule has 0 amide bonds. The van der Waals surface area contributed by atoms with Crippen molar-refractivity contribution in [2.24, 2.45) is 5.92 Å². The number of carbonyl (C=O) groups is 1. The van der Waals surface area contributed by atoms with Crippen LogP contribution in [0.1, 0.15) is 28.8 Å². The lowest BCUT2D eigenvalue weighted by molar-refractivity contribution is 0.0835. The molecule has 172 valence electrons. The van der Waals surface area contributed by atoms with E-state index in [0.29, 0.717) is 11.3 Å². The Morgan fingerprint density at radius 3 is 2.38 bits per heavy atom. The topological polar surface area (TPSA) is 79.4 Å². The third-order valence-electron chi connectivity index (χ3n) is 5.48. The summed E-state index contributed by atoms with van der Waals surface area (Å²) in [5.41, 5.74) is 3.29. The maximum absolute atomic E-state index is 12.8. The van der Waals surface area contributed by atoms with E-state index in [9.17, 15) is 13.2 Å². The summed E-state index contributed by atoms with van der Waals surface area (Å²) in [6.07, 6.45) is 4.69. The summed E-state index contributed by atoms with van der Waals surface area (Å²) in [7, 11) is -3.32. The number of para-hydroxylation sites is 1. The summed E-state index contributed by atoms with van der Waals surface area (Å²) in [4.78, 5) is 19.7. The van der Waals surface area contributed by atoms with Crippen molar-refractivity contribution >= 4 is 57.2 Å². The van der Waals surface area contributed by atoms with Crippen molar-refractivity contribution in [2.75, 3.05) is 24.1 Å². The van der Waals surface area contributed by atoms with Crippen LogP contribution in [0.4, 0.5) is 5.69 Å². The second-order valence-corrected chi connectivity index (χ2v) is 9.65. The van der Waals surface area contributed by atoms with Gasteiger partial charge >= 0.3 is 0 Å². The fourth-order valence-corrected chi connectivity index (χ4v) is 4.53. The largest absolute Gasteiger partial charge is 0.299 e. The van der Waals surface area contributed by atoms with Gasteiger partial charge < -0.3 is 0 Å². The Balaban J connectivity index is 0.00000181. The number of halogens is 2. The molecule has 6 nitrogen and oxygen atoms in total. The molecule has 1 aliphatic rings. The molecule has 1 fully saturated rings. The minimum absolute atomic E-state index is 0. The zero-order chi connectivity index (χ0) is 21.1. The zero-order valence-corrected chi connectivity index (χ0v) is 20.2. The van der Waals surface area contributed by atoms with E-state index in [1.54, 1.807) is 24.3 Å². The van der Waals surface area contributed by atoms with Gasteiger partial charge in [0.15, 0.2) is 5.78 Å². The van der Waals surface area contributed by atoms with Gasteiger partial charge in [0.05, 0.1) is 11.8 Å². The highest BCUT2D eigenvalue weighted by Crippen LogP contribution is 2.24. The molecule has 0 atom stereocenters. The van der Waals surface area contributed by atoms with Crippen LogP contribution >= 0.6 is 24.8 Å². The van der Waals surface area contributed by atoms with E-state index >= 15 is 0 Å². The molecular weight excluding hydrogens is 469 g/mol. The SMILES string of the molecule is CS(=O)(=O)Nc1ccc(C(=O)C2CCN(Cc3cnc4ccccc4c3)CC2)cc1.Cl.Cl. The van der Waals surface area contributed by atoms with Gasteiger partial charge in [-0.1, -0.05) is 18.2 Å². The number of nitrogens with zero attached hydrogens (tertiary/aromatic N) is 2. The number of rotatable bonds is 6. The van der Waals surface area contributed by atoms with E-state index in [1.807, 2.05) is 24.4 Å². The van der Waals surface area contributed by atoms with Gasteiger partial charge in [0.25, 0.3) is 0 Å². The first-order valence-corrected chi connectivity index (χ1v) is 11.9. The maximum atomic E-state index is 12.8. The van der Waals surface area contributed by atoms with Crippen molar-refractivity contribution in [1.82, 2.24) is 9.88 Å². The Bertz CT molecular complexity index is 1160. The van der Waals surface area contributed by atoms with Gasteiger partial charge in [0, 0.05) is 35.3 Å². The minimum Gasteiger partial charge on any atom is -0.299 e. The number of aromatic nitrogens is 1. The van der Waals surface area contributed by atoms with Gasteiger partial charge in [-0.25, -0.2) is 8.42 Å². The summed E-state index contributed by atoms with van der Waals surface area (Å²) in [6, 6.07) is 17.0. The number of ketones is 1. The number of benzene rings is 2. The van der Waals surface area contributed by atoms with Crippen LogP contribution in [0.2, 0.25) is 0 Å². The monoisotopic (exact) mass is 495 g/mol. The number of anilines is 1. The number of fused-ring (bicyclic) bond motifs is 1. The normalized spacial score (nSPS) is 14.9. The first-order valence-electron chi connectivity index (χ1n) is 10.1. The predicted molar refractivity (Wildman–Crippen MR) is 133 cm³/mol. The average molecular weight is 496 g/mol. The molecule has 32 heavy (non-hydrogen) atoms. The standard InChI is InChI=1S/C23H25N3O3S.2ClH/c1-30(28,29)25-21-8-6-18(7-9-21)23(27)19-10-12-26(13-11-19)16-17-14-20-4-2-3-5-22(20)24-15-17;;/h2-9,14-15,19,25H,10-13,16H2,1H3;2*1H. The molecule has 1 aromatic heterocycles. The Hall–Kier alpha value is -2.19. The number of pyridine rings is 1. The molecule has 0 unspecified atom stereocenters. The van der Waals surface area contributed by atoms with Gasteiger partial charge in [-0.2, -0.15) is 0 Å². The van der Waals surface area contributed by atoms with Crippen LogP contribution in [0.3, 0.4) is 0 Å². The van der Waals surface area contributed by atoms with Gasteiger partial charge in [-0.3, -0.25) is 19.4 Å². The molecule has 2 aromatic carbocycles. The number of Topliss-reactive ketones (excluding diaryl/α,β-unsaturated/α-hetero) is 1. The third-order valence-corrected chi connectivity index (χ3v) is 6.09. The number of sulfonamides is 1. The lowest BCUT2D eigenvalue weighted by Gasteiger charge is -2.31. The second kappa shape index (κ2) is 11.1. The fraction of sp³-hybridized carbons (Fsp3) is 0.304. The molecule has 0 aliphatic carbocycles. The maximum Gasteiger partial charge on any atom is 0.229 e. The van der Waals surface area contributed by atoms with E-state index in [2.05, 4.69) is 26.7 Å². The molecule has 4 rings (SSSR count). The van der Waals surface area contributed by atoms with Crippen LogP contribution in [-0.2, 0) is 16.6 Å². The van der Waals surface area contributed by atoms with Gasteiger partial charge in [0.1, 0.15) is 0 Å². The number of likely N-dealkylation sites (tertiary alicyclic amines) is 1. The average Bonchev–Trinajstić information content (AvgIpc) is 2.73. The molecule has 0 spiro atoms. The number of hydrogen-bond donors (Lipinski definition) is 1. The number of hydrogen-bond acceptors (Lipinski definition) is 5. The van der Waals surface area contributed by atoms with Crippen molar-refractivity contribution in [3.8, 4) is 0 Å². The van der Waals surface area contributed by atoms with Crippen LogP contribution in [0.15, 0.2) is 60.8 Å².